The summed E-state index contributed by atoms with van der Waals surface area (Å²) in [6.07, 6.45) is -5.15. The van der Waals surface area contributed by atoms with Gasteiger partial charge in [-0.05, 0) is 45.0 Å². The highest BCUT2D eigenvalue weighted by molar-refractivity contribution is 7.89. The molecule has 3 N–H and O–H groups in total. The summed E-state index contributed by atoms with van der Waals surface area (Å²) in [5.74, 6) is -1.51. The van der Waals surface area contributed by atoms with Gasteiger partial charge in [-0.15, -0.1) is 0 Å². The van der Waals surface area contributed by atoms with E-state index >= 15 is 0 Å². The number of aliphatic hydroxyl groups is 2. The Kier molecular flexibility index (Phi) is 7.06. The van der Waals surface area contributed by atoms with Crippen molar-refractivity contribution in [2.75, 3.05) is 31.6 Å². The molecule has 3 atom stereocenters. The molecule has 30 heavy (non-hydrogen) atoms. The molecule has 0 aromatic heterocycles. The van der Waals surface area contributed by atoms with E-state index in [1.165, 1.54) is 38.1 Å². The molecule has 12 heteroatoms. The Morgan fingerprint density at radius 2 is 1.73 bits per heavy atom. The first-order valence-corrected chi connectivity index (χ1v) is 10.7. The minimum atomic E-state index is -5.15. The number of anilines is 1. The molecule has 1 saturated heterocycles. The number of benzene rings is 1. The molecule has 0 saturated carbocycles. The van der Waals surface area contributed by atoms with Crippen molar-refractivity contribution in [2.24, 2.45) is 0 Å². The standard InChI is InChI=1S/C18H26F3N3O5S/c1-12-11-24(13(2)10-23(12)16(26)17(3,27)18(19,20)21)30(28,29)15-6-4-14(5-7-15)22-8-9-25/h4-7,12-13,22,25,27H,8-11H2,1-3H3/t12-,13+,17+/m0/s1. The topological polar surface area (TPSA) is 110 Å². The van der Waals surface area contributed by atoms with Gasteiger partial charge in [0.1, 0.15) is 0 Å². The molecular weight excluding hydrogens is 427 g/mol. The monoisotopic (exact) mass is 453 g/mol. The van der Waals surface area contributed by atoms with Crippen molar-refractivity contribution in [3.05, 3.63) is 24.3 Å². The molecule has 1 aromatic carbocycles. The Balaban J connectivity index is 2.21. The van der Waals surface area contributed by atoms with Crippen LogP contribution in [0.5, 0.6) is 0 Å². The quantitative estimate of drug-likeness (QED) is 0.593. The smallest absolute Gasteiger partial charge is 0.395 e. The van der Waals surface area contributed by atoms with E-state index in [2.05, 4.69) is 5.32 Å². The maximum Gasteiger partial charge on any atom is 0.426 e. The SMILES string of the molecule is C[C@@H]1CN(C(=O)[C@@](C)(O)C(F)(F)F)[C@@H](C)CN1S(=O)(=O)c1ccc(NCCO)cc1. The van der Waals surface area contributed by atoms with Crippen LogP contribution in [0.15, 0.2) is 29.2 Å². The molecule has 170 valence electrons. The fraction of sp³-hybridized carbons (Fsp3) is 0.611. The van der Waals surface area contributed by atoms with E-state index < -0.39 is 39.8 Å². The molecule has 2 rings (SSSR count). The summed E-state index contributed by atoms with van der Waals surface area (Å²) in [4.78, 5) is 13.2. The van der Waals surface area contributed by atoms with E-state index in [4.69, 9.17) is 5.11 Å². The van der Waals surface area contributed by atoms with Crippen molar-refractivity contribution >= 4 is 21.6 Å². The van der Waals surface area contributed by atoms with Crippen LogP contribution in [0, 0.1) is 0 Å². The number of alkyl halides is 3. The Hall–Kier alpha value is -1.89. The van der Waals surface area contributed by atoms with E-state index in [9.17, 15) is 31.5 Å². The van der Waals surface area contributed by atoms with Crippen molar-refractivity contribution in [3.63, 3.8) is 0 Å². The van der Waals surface area contributed by atoms with Crippen LogP contribution in [0.3, 0.4) is 0 Å². The zero-order chi connectivity index (χ0) is 22.9. The number of nitrogens with one attached hydrogen (secondary N) is 1. The second-order valence-electron chi connectivity index (χ2n) is 7.48. The van der Waals surface area contributed by atoms with Gasteiger partial charge in [0.25, 0.3) is 5.91 Å². The summed E-state index contributed by atoms with van der Waals surface area (Å²) in [7, 11) is -3.96. The summed E-state index contributed by atoms with van der Waals surface area (Å²) >= 11 is 0. The van der Waals surface area contributed by atoms with Crippen molar-refractivity contribution in [2.45, 2.75) is 49.5 Å². The van der Waals surface area contributed by atoms with Crippen LogP contribution in [0.4, 0.5) is 18.9 Å². The lowest BCUT2D eigenvalue weighted by Crippen LogP contribution is -2.65. The predicted octanol–water partition coefficient (Wildman–Crippen LogP) is 1.01. The fourth-order valence-corrected chi connectivity index (χ4v) is 4.90. The average Bonchev–Trinajstić information content (AvgIpc) is 2.66. The lowest BCUT2D eigenvalue weighted by molar-refractivity contribution is -0.251. The van der Waals surface area contributed by atoms with Crippen molar-refractivity contribution in [1.29, 1.82) is 0 Å². The minimum absolute atomic E-state index is 0.00170. The van der Waals surface area contributed by atoms with Gasteiger partial charge in [-0.25, -0.2) is 8.42 Å². The Labute approximate surface area is 173 Å². The second-order valence-corrected chi connectivity index (χ2v) is 9.37. The average molecular weight is 453 g/mol. The highest BCUT2D eigenvalue weighted by Crippen LogP contribution is 2.34. The number of hydrogen-bond acceptors (Lipinski definition) is 6. The molecule has 0 aliphatic carbocycles. The maximum atomic E-state index is 13.0. The van der Waals surface area contributed by atoms with Crippen LogP contribution in [0.1, 0.15) is 20.8 Å². The minimum Gasteiger partial charge on any atom is -0.395 e. The number of amides is 1. The highest BCUT2D eigenvalue weighted by Gasteiger charge is 2.58. The number of piperazine rings is 1. The first-order valence-electron chi connectivity index (χ1n) is 9.30. The molecule has 0 spiro atoms. The number of halogens is 3. The number of aliphatic hydroxyl groups excluding tert-OH is 1. The van der Waals surface area contributed by atoms with E-state index in [1.807, 2.05) is 0 Å². The number of rotatable bonds is 6. The number of carbonyl (C=O) groups excluding carboxylic acids is 1. The second kappa shape index (κ2) is 8.69. The molecule has 0 unspecified atom stereocenters. The lowest BCUT2D eigenvalue weighted by Gasteiger charge is -2.45. The normalized spacial score (nSPS) is 23.1. The van der Waals surface area contributed by atoms with Crippen molar-refractivity contribution in [1.82, 2.24) is 9.21 Å². The first-order chi connectivity index (χ1) is 13.7. The van der Waals surface area contributed by atoms with Gasteiger partial charge in [0.15, 0.2) is 0 Å². The van der Waals surface area contributed by atoms with Crippen LogP contribution in [0.2, 0.25) is 0 Å². The van der Waals surface area contributed by atoms with Crippen LogP contribution in [0.25, 0.3) is 0 Å². The van der Waals surface area contributed by atoms with E-state index in [1.54, 1.807) is 0 Å². The highest BCUT2D eigenvalue weighted by atomic mass is 32.2. The first kappa shape index (κ1) is 24.4. The molecule has 1 fully saturated rings. The molecule has 8 nitrogen and oxygen atoms in total. The third kappa shape index (κ3) is 4.71. The van der Waals surface area contributed by atoms with Crippen LogP contribution < -0.4 is 5.32 Å². The Morgan fingerprint density at radius 3 is 2.23 bits per heavy atom. The fourth-order valence-electron chi connectivity index (χ4n) is 3.19. The summed E-state index contributed by atoms with van der Waals surface area (Å²) in [6.45, 7) is 3.03. The number of sulfonamides is 1. The summed E-state index contributed by atoms with van der Waals surface area (Å²) in [6, 6.07) is 4.18. The van der Waals surface area contributed by atoms with Gasteiger partial charge in [-0.1, -0.05) is 0 Å². The van der Waals surface area contributed by atoms with E-state index in [0.29, 0.717) is 19.2 Å². The zero-order valence-electron chi connectivity index (χ0n) is 16.8. The van der Waals surface area contributed by atoms with Gasteiger partial charge >= 0.3 is 6.18 Å². The van der Waals surface area contributed by atoms with Crippen molar-refractivity contribution < 1.29 is 36.6 Å². The van der Waals surface area contributed by atoms with Gasteiger partial charge in [0.05, 0.1) is 11.5 Å². The number of carbonyl (C=O) groups is 1. The molecule has 0 bridgehead atoms. The van der Waals surface area contributed by atoms with Gasteiger partial charge < -0.3 is 20.4 Å². The largest absolute Gasteiger partial charge is 0.426 e. The molecule has 1 aromatic rings. The molecule has 1 aliphatic heterocycles. The molecule has 1 aliphatic rings. The van der Waals surface area contributed by atoms with Crippen LogP contribution in [-0.4, -0.2) is 83.8 Å². The third-order valence-electron chi connectivity index (χ3n) is 5.06. The van der Waals surface area contributed by atoms with Crippen LogP contribution >= 0.6 is 0 Å². The van der Waals surface area contributed by atoms with E-state index in [-0.39, 0.29) is 24.6 Å². The zero-order valence-corrected chi connectivity index (χ0v) is 17.7. The molecular formula is C18H26F3N3O5S. The van der Waals surface area contributed by atoms with Gasteiger partial charge in [0, 0.05) is 37.4 Å². The number of hydrogen-bond donors (Lipinski definition) is 3. The summed E-state index contributed by atoms with van der Waals surface area (Å²) < 4.78 is 66.3. The van der Waals surface area contributed by atoms with E-state index in [0.717, 1.165) is 9.21 Å². The Morgan fingerprint density at radius 1 is 1.17 bits per heavy atom. The molecule has 0 radical (unpaired) electrons. The predicted molar refractivity (Wildman–Crippen MR) is 103 cm³/mol. The lowest BCUT2D eigenvalue weighted by atomic mass is 10.0. The summed E-state index contributed by atoms with van der Waals surface area (Å²) in [5, 5.41) is 21.4. The van der Waals surface area contributed by atoms with Crippen molar-refractivity contribution in [3.8, 4) is 0 Å². The third-order valence-corrected chi connectivity index (χ3v) is 7.05. The molecule has 1 amide bonds. The maximum absolute atomic E-state index is 13.0. The van der Waals surface area contributed by atoms with Gasteiger partial charge in [0.2, 0.25) is 15.6 Å². The number of nitrogens with zero attached hydrogens (tertiary/aromatic N) is 2. The molecule has 1 heterocycles. The van der Waals surface area contributed by atoms with Gasteiger partial charge in [-0.2, -0.15) is 17.5 Å². The van der Waals surface area contributed by atoms with Crippen LogP contribution in [-0.2, 0) is 14.8 Å². The Bertz CT molecular complexity index is 859. The van der Waals surface area contributed by atoms with Gasteiger partial charge in [-0.3, -0.25) is 4.79 Å². The summed E-state index contributed by atoms with van der Waals surface area (Å²) in [5.41, 5.74) is -2.94.